The Balaban J connectivity index is 2.17. The van der Waals surface area contributed by atoms with Crippen molar-refractivity contribution in [1.82, 2.24) is 4.90 Å². The maximum atomic E-state index is 6.15. The molecule has 16 heavy (non-hydrogen) atoms. The molecule has 2 N–H and O–H groups in total. The van der Waals surface area contributed by atoms with Crippen molar-refractivity contribution in [2.45, 2.75) is 32.4 Å². The topological polar surface area (TPSA) is 29.3 Å². The molecule has 1 saturated heterocycles. The molecule has 1 fully saturated rings. The third kappa shape index (κ3) is 2.67. The highest BCUT2D eigenvalue weighted by Crippen LogP contribution is 2.34. The van der Waals surface area contributed by atoms with Gasteiger partial charge in [-0.25, -0.2) is 0 Å². The van der Waals surface area contributed by atoms with Gasteiger partial charge in [0.25, 0.3) is 0 Å². The standard InChI is InChI=1S/C12H19BrN2S/c1-8-3-4-15(6-8)12(9(2)14)11-5-10(13)7-16-11/h5,7-9,12H,3-4,6,14H2,1-2H3. The smallest absolute Gasteiger partial charge is 0.0591 e. The molecule has 3 atom stereocenters. The molecule has 3 unspecified atom stereocenters. The molecule has 0 radical (unpaired) electrons. The first-order valence-electron chi connectivity index (χ1n) is 5.81. The van der Waals surface area contributed by atoms with Crippen molar-refractivity contribution in [3.05, 3.63) is 20.8 Å². The van der Waals surface area contributed by atoms with Gasteiger partial charge < -0.3 is 5.73 Å². The highest BCUT2D eigenvalue weighted by Gasteiger charge is 2.30. The summed E-state index contributed by atoms with van der Waals surface area (Å²) in [6.07, 6.45) is 1.30. The van der Waals surface area contributed by atoms with Crippen LogP contribution in [0.15, 0.2) is 15.9 Å². The van der Waals surface area contributed by atoms with Crippen LogP contribution < -0.4 is 5.73 Å². The van der Waals surface area contributed by atoms with Crippen LogP contribution in [0.1, 0.15) is 31.2 Å². The summed E-state index contributed by atoms with van der Waals surface area (Å²) >= 11 is 5.33. The number of hydrogen-bond donors (Lipinski definition) is 1. The van der Waals surface area contributed by atoms with Gasteiger partial charge >= 0.3 is 0 Å². The lowest BCUT2D eigenvalue weighted by Crippen LogP contribution is -2.37. The minimum atomic E-state index is 0.191. The largest absolute Gasteiger partial charge is 0.326 e. The van der Waals surface area contributed by atoms with E-state index in [1.165, 1.54) is 28.9 Å². The normalized spacial score (nSPS) is 25.9. The molecule has 1 aromatic rings. The Kier molecular flexibility index (Phi) is 4.06. The van der Waals surface area contributed by atoms with Crippen LogP contribution in [-0.4, -0.2) is 24.0 Å². The first-order chi connectivity index (χ1) is 7.58. The molecule has 1 aliphatic rings. The second-order valence-corrected chi connectivity index (χ2v) is 6.72. The first kappa shape index (κ1) is 12.6. The quantitative estimate of drug-likeness (QED) is 0.929. The average molecular weight is 303 g/mol. The highest BCUT2D eigenvalue weighted by atomic mass is 79.9. The Morgan fingerprint density at radius 1 is 1.62 bits per heavy atom. The molecule has 1 aromatic heterocycles. The number of rotatable bonds is 3. The Bertz CT molecular complexity index is 351. The maximum Gasteiger partial charge on any atom is 0.0591 e. The molecule has 90 valence electrons. The summed E-state index contributed by atoms with van der Waals surface area (Å²) in [5.41, 5.74) is 6.15. The molecule has 2 rings (SSSR count). The van der Waals surface area contributed by atoms with E-state index in [9.17, 15) is 0 Å². The molecule has 0 saturated carbocycles. The van der Waals surface area contributed by atoms with Crippen molar-refractivity contribution in [2.24, 2.45) is 11.7 Å². The summed E-state index contributed by atoms with van der Waals surface area (Å²) in [5.74, 6) is 0.810. The molecular formula is C12H19BrN2S. The number of nitrogens with zero attached hydrogens (tertiary/aromatic N) is 1. The average Bonchev–Trinajstić information content (AvgIpc) is 2.76. The number of halogens is 1. The van der Waals surface area contributed by atoms with Crippen molar-refractivity contribution in [1.29, 1.82) is 0 Å². The van der Waals surface area contributed by atoms with Gasteiger partial charge in [0, 0.05) is 27.3 Å². The van der Waals surface area contributed by atoms with Gasteiger partial charge in [-0.3, -0.25) is 4.90 Å². The fraction of sp³-hybridized carbons (Fsp3) is 0.667. The SMILES string of the molecule is CC1CCN(C(c2cc(Br)cs2)C(C)N)C1. The summed E-state index contributed by atoms with van der Waals surface area (Å²) in [6, 6.07) is 2.79. The predicted octanol–water partition coefficient (Wildman–Crippen LogP) is 3.24. The van der Waals surface area contributed by atoms with Crippen LogP contribution in [0.25, 0.3) is 0 Å². The lowest BCUT2D eigenvalue weighted by molar-refractivity contribution is 0.216. The lowest BCUT2D eigenvalue weighted by atomic mass is 10.1. The van der Waals surface area contributed by atoms with Crippen molar-refractivity contribution in [3.63, 3.8) is 0 Å². The molecule has 4 heteroatoms. The summed E-state index contributed by atoms with van der Waals surface area (Å²) in [4.78, 5) is 3.92. The minimum Gasteiger partial charge on any atom is -0.326 e. The number of nitrogens with two attached hydrogens (primary N) is 1. The summed E-state index contributed by atoms with van der Waals surface area (Å²) in [5, 5.41) is 2.14. The van der Waals surface area contributed by atoms with Crippen LogP contribution in [0, 0.1) is 5.92 Å². The monoisotopic (exact) mass is 302 g/mol. The van der Waals surface area contributed by atoms with Gasteiger partial charge in [0.15, 0.2) is 0 Å². The Labute approximate surface area is 110 Å². The molecule has 1 aliphatic heterocycles. The fourth-order valence-corrected chi connectivity index (χ4v) is 4.17. The van der Waals surface area contributed by atoms with Crippen LogP contribution >= 0.6 is 27.3 Å². The predicted molar refractivity (Wildman–Crippen MR) is 73.8 cm³/mol. The van der Waals surface area contributed by atoms with Gasteiger partial charge in [-0.05, 0) is 47.8 Å². The van der Waals surface area contributed by atoms with Crippen LogP contribution in [-0.2, 0) is 0 Å². The van der Waals surface area contributed by atoms with E-state index in [4.69, 9.17) is 5.73 Å². The Hall–Kier alpha value is 0.1000. The first-order valence-corrected chi connectivity index (χ1v) is 7.48. The van der Waals surface area contributed by atoms with Crippen LogP contribution in [0.2, 0.25) is 0 Å². The summed E-state index contributed by atoms with van der Waals surface area (Å²) in [7, 11) is 0. The molecule has 0 aliphatic carbocycles. The van der Waals surface area contributed by atoms with E-state index in [0.29, 0.717) is 6.04 Å². The van der Waals surface area contributed by atoms with Crippen molar-refractivity contribution in [2.75, 3.05) is 13.1 Å². The second kappa shape index (κ2) is 5.17. The third-order valence-electron chi connectivity index (χ3n) is 3.23. The van der Waals surface area contributed by atoms with Crippen molar-refractivity contribution >= 4 is 27.3 Å². The summed E-state index contributed by atoms with van der Waals surface area (Å²) in [6.45, 7) is 6.80. The van der Waals surface area contributed by atoms with Gasteiger partial charge in [0.2, 0.25) is 0 Å². The molecule has 2 nitrogen and oxygen atoms in total. The van der Waals surface area contributed by atoms with Crippen LogP contribution in [0.3, 0.4) is 0 Å². The van der Waals surface area contributed by atoms with E-state index >= 15 is 0 Å². The zero-order valence-corrected chi connectivity index (χ0v) is 12.2. The van der Waals surface area contributed by atoms with E-state index in [2.05, 4.69) is 46.1 Å². The van der Waals surface area contributed by atoms with Gasteiger partial charge in [-0.2, -0.15) is 0 Å². The van der Waals surface area contributed by atoms with Gasteiger partial charge in [-0.15, -0.1) is 11.3 Å². The van der Waals surface area contributed by atoms with Gasteiger partial charge in [0.1, 0.15) is 0 Å². The Morgan fingerprint density at radius 2 is 2.38 bits per heavy atom. The number of hydrogen-bond acceptors (Lipinski definition) is 3. The number of thiophene rings is 1. The lowest BCUT2D eigenvalue weighted by Gasteiger charge is -2.30. The highest BCUT2D eigenvalue weighted by molar-refractivity contribution is 9.10. The zero-order chi connectivity index (χ0) is 11.7. The van der Waals surface area contributed by atoms with E-state index in [0.717, 1.165) is 5.92 Å². The van der Waals surface area contributed by atoms with Crippen molar-refractivity contribution in [3.8, 4) is 0 Å². The van der Waals surface area contributed by atoms with E-state index in [1.54, 1.807) is 11.3 Å². The van der Waals surface area contributed by atoms with Crippen molar-refractivity contribution < 1.29 is 0 Å². The number of likely N-dealkylation sites (tertiary alicyclic amines) is 1. The van der Waals surface area contributed by atoms with E-state index in [1.807, 2.05) is 0 Å². The molecule has 2 heterocycles. The molecule has 0 spiro atoms. The van der Waals surface area contributed by atoms with Crippen LogP contribution in [0.4, 0.5) is 0 Å². The second-order valence-electron chi connectivity index (χ2n) is 4.86. The molecule has 0 amide bonds. The van der Waals surface area contributed by atoms with E-state index in [-0.39, 0.29) is 6.04 Å². The molecule has 0 bridgehead atoms. The maximum absolute atomic E-state index is 6.15. The zero-order valence-electron chi connectivity index (χ0n) is 9.82. The van der Waals surface area contributed by atoms with E-state index < -0.39 is 0 Å². The third-order valence-corrected chi connectivity index (χ3v) is 4.99. The van der Waals surface area contributed by atoms with Gasteiger partial charge in [-0.1, -0.05) is 6.92 Å². The van der Waals surface area contributed by atoms with Gasteiger partial charge in [0.05, 0.1) is 6.04 Å². The van der Waals surface area contributed by atoms with Crippen LogP contribution in [0.5, 0.6) is 0 Å². The fourth-order valence-electron chi connectivity index (χ4n) is 2.48. The molecular weight excluding hydrogens is 284 g/mol. The minimum absolute atomic E-state index is 0.191. The molecule has 0 aromatic carbocycles. The Morgan fingerprint density at radius 3 is 2.81 bits per heavy atom. The summed E-state index contributed by atoms with van der Waals surface area (Å²) < 4.78 is 1.17.